The zero-order chi connectivity index (χ0) is 20.5. The summed E-state index contributed by atoms with van der Waals surface area (Å²) in [5, 5.41) is 5.15. The van der Waals surface area contributed by atoms with Crippen LogP contribution in [0.4, 0.5) is 5.82 Å². The van der Waals surface area contributed by atoms with E-state index in [0.717, 1.165) is 27.5 Å². The molecule has 1 aliphatic rings. The molecule has 4 rings (SSSR count). The number of nitrogens with one attached hydrogen (secondary N) is 1. The number of pyridine rings is 2. The molecule has 1 amide bonds. The maximum Gasteiger partial charge on any atom is 0.302 e. The number of amides is 1. The molecule has 0 saturated heterocycles. The van der Waals surface area contributed by atoms with Gasteiger partial charge in [-0.2, -0.15) is 0 Å². The molecule has 29 heavy (non-hydrogen) atoms. The van der Waals surface area contributed by atoms with E-state index in [9.17, 15) is 9.59 Å². The average Bonchev–Trinajstić information content (AvgIpc) is 3.46. The molecule has 0 unspecified atom stereocenters. The molecule has 2 heterocycles. The van der Waals surface area contributed by atoms with Crippen molar-refractivity contribution in [3.8, 4) is 11.1 Å². The normalized spacial score (nSPS) is 17.8. The maximum atomic E-state index is 12.4. The lowest BCUT2D eigenvalue weighted by molar-refractivity contribution is -0.141. The summed E-state index contributed by atoms with van der Waals surface area (Å²) in [6, 6.07) is 7.69. The summed E-state index contributed by atoms with van der Waals surface area (Å²) in [5.74, 6) is -0.0475. The van der Waals surface area contributed by atoms with Gasteiger partial charge in [0.05, 0.1) is 11.6 Å². The van der Waals surface area contributed by atoms with Crippen molar-refractivity contribution < 1.29 is 14.3 Å². The molecule has 6 nitrogen and oxygen atoms in total. The summed E-state index contributed by atoms with van der Waals surface area (Å²) < 4.78 is 4.98. The Hall–Kier alpha value is -2.99. The summed E-state index contributed by atoms with van der Waals surface area (Å²) in [6.45, 7) is 3.67. The quantitative estimate of drug-likeness (QED) is 0.632. The lowest BCUT2D eigenvalue weighted by Gasteiger charge is -2.10. The zero-order valence-corrected chi connectivity index (χ0v) is 16.9. The molecular formula is C22H20ClN3O3. The standard InChI is InChI=1S/C22H20ClN3O3/c1-12-3-4-24-9-18(12)14-5-15-8-21(25-10-19(15)20(23)7-14)26-22(28)17-6-16(17)11-29-13(2)27/h3-5,7-10,16-17H,6,11H2,1-2H3,(H,25,26,28)/t16-,17+/m0/s1. The van der Waals surface area contributed by atoms with Gasteiger partial charge in [-0.3, -0.25) is 14.6 Å². The molecule has 1 N–H and O–H groups in total. The van der Waals surface area contributed by atoms with Crippen molar-refractivity contribution in [3.63, 3.8) is 0 Å². The van der Waals surface area contributed by atoms with Crippen LogP contribution in [0.5, 0.6) is 0 Å². The van der Waals surface area contributed by atoms with Crippen molar-refractivity contribution in [2.75, 3.05) is 11.9 Å². The van der Waals surface area contributed by atoms with Gasteiger partial charge in [0.1, 0.15) is 5.82 Å². The first-order valence-corrected chi connectivity index (χ1v) is 9.74. The van der Waals surface area contributed by atoms with E-state index in [2.05, 4.69) is 15.3 Å². The van der Waals surface area contributed by atoms with Crippen LogP contribution in [0.3, 0.4) is 0 Å². The first kappa shape index (κ1) is 19.3. The summed E-state index contributed by atoms with van der Waals surface area (Å²) >= 11 is 6.47. The molecule has 1 aliphatic carbocycles. The second-order valence-corrected chi connectivity index (χ2v) is 7.74. The van der Waals surface area contributed by atoms with Crippen LogP contribution in [0.1, 0.15) is 18.9 Å². The Morgan fingerprint density at radius 1 is 1.28 bits per heavy atom. The number of benzene rings is 1. The highest BCUT2D eigenvalue weighted by molar-refractivity contribution is 6.36. The number of nitrogens with zero attached hydrogens (tertiary/aromatic N) is 2. The largest absolute Gasteiger partial charge is 0.466 e. The van der Waals surface area contributed by atoms with Gasteiger partial charge in [0.25, 0.3) is 0 Å². The lowest BCUT2D eigenvalue weighted by Crippen LogP contribution is -2.17. The average molecular weight is 410 g/mol. The molecule has 1 saturated carbocycles. The fraction of sp³-hybridized carbons (Fsp3) is 0.273. The van der Waals surface area contributed by atoms with Crippen molar-refractivity contribution in [1.82, 2.24) is 9.97 Å². The van der Waals surface area contributed by atoms with Gasteiger partial charge in [0, 0.05) is 48.3 Å². The summed E-state index contributed by atoms with van der Waals surface area (Å²) in [4.78, 5) is 31.9. The smallest absolute Gasteiger partial charge is 0.302 e. The van der Waals surface area contributed by atoms with E-state index in [1.807, 2.05) is 37.4 Å². The van der Waals surface area contributed by atoms with Gasteiger partial charge < -0.3 is 10.1 Å². The van der Waals surface area contributed by atoms with E-state index >= 15 is 0 Å². The van der Waals surface area contributed by atoms with Crippen LogP contribution in [-0.2, 0) is 14.3 Å². The lowest BCUT2D eigenvalue weighted by atomic mass is 10.0. The third-order valence-electron chi connectivity index (χ3n) is 5.15. The van der Waals surface area contributed by atoms with E-state index in [1.54, 1.807) is 12.4 Å². The predicted molar refractivity (Wildman–Crippen MR) is 112 cm³/mol. The van der Waals surface area contributed by atoms with Crippen LogP contribution in [0.2, 0.25) is 5.02 Å². The number of hydrogen-bond donors (Lipinski definition) is 1. The number of hydrogen-bond acceptors (Lipinski definition) is 5. The maximum absolute atomic E-state index is 12.4. The highest BCUT2D eigenvalue weighted by Gasteiger charge is 2.43. The number of halogens is 1. The van der Waals surface area contributed by atoms with Gasteiger partial charge in [-0.15, -0.1) is 0 Å². The molecule has 148 valence electrons. The first-order chi connectivity index (χ1) is 13.9. The van der Waals surface area contributed by atoms with Crippen molar-refractivity contribution in [1.29, 1.82) is 0 Å². The van der Waals surface area contributed by atoms with E-state index in [-0.39, 0.29) is 30.3 Å². The fourth-order valence-electron chi connectivity index (χ4n) is 3.40. The van der Waals surface area contributed by atoms with Crippen molar-refractivity contribution in [2.24, 2.45) is 11.8 Å². The SMILES string of the molecule is CC(=O)OC[C@@H]1C[C@H]1C(=O)Nc1cc2cc(-c3cnccc3C)cc(Cl)c2cn1. The zero-order valence-electron chi connectivity index (χ0n) is 16.1. The van der Waals surface area contributed by atoms with Crippen LogP contribution in [0.15, 0.2) is 42.9 Å². The Kier molecular flexibility index (Phi) is 5.20. The highest BCUT2D eigenvalue weighted by Crippen LogP contribution is 2.39. The number of carbonyl (C=O) groups excluding carboxylic acids is 2. The number of rotatable bonds is 5. The van der Waals surface area contributed by atoms with Crippen molar-refractivity contribution in [2.45, 2.75) is 20.3 Å². The molecule has 0 aliphatic heterocycles. The number of aromatic nitrogens is 2. The Morgan fingerprint density at radius 3 is 2.86 bits per heavy atom. The topological polar surface area (TPSA) is 81.2 Å². The minimum absolute atomic E-state index is 0.0777. The van der Waals surface area contributed by atoms with Gasteiger partial charge in [-0.25, -0.2) is 4.98 Å². The van der Waals surface area contributed by atoms with E-state index in [0.29, 0.717) is 17.3 Å². The van der Waals surface area contributed by atoms with E-state index in [4.69, 9.17) is 16.3 Å². The van der Waals surface area contributed by atoms with E-state index < -0.39 is 0 Å². The second kappa shape index (κ2) is 7.79. The minimum atomic E-state index is -0.330. The van der Waals surface area contributed by atoms with Gasteiger partial charge in [0.15, 0.2) is 0 Å². The number of anilines is 1. The van der Waals surface area contributed by atoms with Crippen LogP contribution < -0.4 is 5.32 Å². The van der Waals surface area contributed by atoms with Crippen molar-refractivity contribution >= 4 is 40.1 Å². The highest BCUT2D eigenvalue weighted by atomic mass is 35.5. The third kappa shape index (κ3) is 4.22. The van der Waals surface area contributed by atoms with Crippen LogP contribution >= 0.6 is 11.6 Å². The second-order valence-electron chi connectivity index (χ2n) is 7.33. The van der Waals surface area contributed by atoms with Gasteiger partial charge in [-0.1, -0.05) is 11.6 Å². The summed E-state index contributed by atoms with van der Waals surface area (Å²) in [5.41, 5.74) is 3.07. The molecule has 0 radical (unpaired) electrons. The molecule has 1 fully saturated rings. The van der Waals surface area contributed by atoms with Crippen LogP contribution in [0, 0.1) is 18.8 Å². The molecular weight excluding hydrogens is 390 g/mol. The molecule has 0 bridgehead atoms. The van der Waals surface area contributed by atoms with Gasteiger partial charge in [-0.05, 0) is 54.1 Å². The summed E-state index contributed by atoms with van der Waals surface area (Å²) in [6.07, 6.45) is 5.94. The van der Waals surface area contributed by atoms with Gasteiger partial charge in [0.2, 0.25) is 5.91 Å². The number of aryl methyl sites for hydroxylation is 1. The first-order valence-electron chi connectivity index (χ1n) is 9.37. The minimum Gasteiger partial charge on any atom is -0.466 e. The van der Waals surface area contributed by atoms with E-state index in [1.165, 1.54) is 6.92 Å². The number of esters is 1. The summed E-state index contributed by atoms with van der Waals surface area (Å²) in [7, 11) is 0. The molecule has 0 spiro atoms. The molecule has 2 aromatic heterocycles. The molecule has 3 aromatic rings. The Labute approximate surface area is 173 Å². The van der Waals surface area contributed by atoms with Gasteiger partial charge >= 0.3 is 5.97 Å². The predicted octanol–water partition coefficient (Wildman–Crippen LogP) is 4.40. The van der Waals surface area contributed by atoms with Crippen LogP contribution in [0.25, 0.3) is 21.9 Å². The number of ether oxygens (including phenoxy) is 1. The van der Waals surface area contributed by atoms with Crippen molar-refractivity contribution in [3.05, 3.63) is 53.4 Å². The fourth-order valence-corrected chi connectivity index (χ4v) is 3.68. The number of fused-ring (bicyclic) bond motifs is 1. The van der Waals surface area contributed by atoms with Crippen LogP contribution in [-0.4, -0.2) is 28.5 Å². The number of carbonyl (C=O) groups is 2. The monoisotopic (exact) mass is 409 g/mol. The Morgan fingerprint density at radius 2 is 2.10 bits per heavy atom. The Bertz CT molecular complexity index is 1120. The molecule has 1 aromatic carbocycles. The molecule has 2 atom stereocenters. The third-order valence-corrected chi connectivity index (χ3v) is 5.46. The Balaban J connectivity index is 1.55. The molecule has 7 heteroatoms.